The van der Waals surface area contributed by atoms with Crippen molar-refractivity contribution in [3.63, 3.8) is 0 Å². The predicted octanol–water partition coefficient (Wildman–Crippen LogP) is 6.50. The van der Waals surface area contributed by atoms with Gasteiger partial charge < -0.3 is 9.47 Å². The van der Waals surface area contributed by atoms with E-state index in [2.05, 4.69) is 6.92 Å². The molecule has 0 aliphatic carbocycles. The van der Waals surface area contributed by atoms with E-state index in [1.165, 1.54) is 63.5 Å². The molecule has 0 radical (unpaired) electrons. The van der Waals surface area contributed by atoms with Gasteiger partial charge in [0.25, 0.3) is 0 Å². The molecule has 1 rings (SSSR count). The fraction of sp³-hybridized carbons (Fsp3) is 0.667. The second-order valence-electron chi connectivity index (χ2n) is 7.55. The fourth-order valence-corrected chi connectivity index (χ4v) is 3.09. The molecule has 4 nitrogen and oxygen atoms in total. The van der Waals surface area contributed by atoms with E-state index >= 15 is 0 Å². The van der Waals surface area contributed by atoms with Crippen LogP contribution >= 0.6 is 0 Å². The third kappa shape index (κ3) is 14.7. The minimum Gasteiger partial charge on any atom is -0.466 e. The van der Waals surface area contributed by atoms with E-state index in [9.17, 15) is 14.0 Å². The standard InChI is InChI=1S/C24H37FO4/c1-2-3-4-5-6-7-8-9-10-11-18-28-23(26)16-13-17-24(27)29-20-21-14-12-15-22(25)19-21/h12,14-15,19H,2-11,13,16-18,20H2,1H3. The van der Waals surface area contributed by atoms with E-state index in [1.807, 2.05) is 0 Å². The number of rotatable bonds is 17. The van der Waals surface area contributed by atoms with Gasteiger partial charge in [0.15, 0.2) is 0 Å². The molecule has 0 fully saturated rings. The molecule has 29 heavy (non-hydrogen) atoms. The highest BCUT2D eigenvalue weighted by atomic mass is 19.1. The first-order valence-electron chi connectivity index (χ1n) is 11.2. The molecule has 0 unspecified atom stereocenters. The third-order valence-electron chi connectivity index (χ3n) is 4.81. The Morgan fingerprint density at radius 2 is 1.38 bits per heavy atom. The zero-order chi connectivity index (χ0) is 21.2. The van der Waals surface area contributed by atoms with Gasteiger partial charge in [0, 0.05) is 12.8 Å². The lowest BCUT2D eigenvalue weighted by molar-refractivity contribution is -0.146. The van der Waals surface area contributed by atoms with Crippen LogP contribution in [0, 0.1) is 5.82 Å². The molecule has 0 spiro atoms. The van der Waals surface area contributed by atoms with Crippen LogP contribution in [0.5, 0.6) is 0 Å². The van der Waals surface area contributed by atoms with E-state index in [4.69, 9.17) is 9.47 Å². The van der Waals surface area contributed by atoms with E-state index < -0.39 is 5.97 Å². The SMILES string of the molecule is CCCCCCCCCCCCOC(=O)CCCC(=O)OCc1cccc(F)c1. The first kappa shape index (κ1) is 25.1. The second-order valence-corrected chi connectivity index (χ2v) is 7.55. The zero-order valence-corrected chi connectivity index (χ0v) is 17.9. The summed E-state index contributed by atoms with van der Waals surface area (Å²) in [5.74, 6) is -1.01. The number of hydrogen-bond donors (Lipinski definition) is 0. The number of carbonyl (C=O) groups excluding carboxylic acids is 2. The number of halogens is 1. The maximum absolute atomic E-state index is 13.0. The van der Waals surface area contributed by atoms with E-state index in [0.717, 1.165) is 12.8 Å². The lowest BCUT2D eigenvalue weighted by Gasteiger charge is -2.06. The minimum atomic E-state index is -0.392. The lowest BCUT2D eigenvalue weighted by atomic mass is 10.1. The molecule has 0 aliphatic heterocycles. The van der Waals surface area contributed by atoms with Crippen molar-refractivity contribution in [3.8, 4) is 0 Å². The van der Waals surface area contributed by atoms with Crippen molar-refractivity contribution >= 4 is 11.9 Å². The molecule has 1 aromatic rings. The molecule has 164 valence electrons. The summed E-state index contributed by atoms with van der Waals surface area (Å²) in [5, 5.41) is 0. The quantitative estimate of drug-likeness (QED) is 0.218. The molecule has 1 aromatic carbocycles. The molecule has 0 N–H and O–H groups in total. The van der Waals surface area contributed by atoms with Gasteiger partial charge in [0.05, 0.1) is 6.61 Å². The summed E-state index contributed by atoms with van der Waals surface area (Å²) in [5.41, 5.74) is 0.606. The number of esters is 2. The number of benzene rings is 1. The summed E-state index contributed by atoms with van der Waals surface area (Å²) in [4.78, 5) is 23.4. The van der Waals surface area contributed by atoms with Crippen molar-refractivity contribution in [1.82, 2.24) is 0 Å². The third-order valence-corrected chi connectivity index (χ3v) is 4.81. The molecule has 0 bridgehead atoms. The molecule has 0 atom stereocenters. The Morgan fingerprint density at radius 3 is 2.00 bits per heavy atom. The van der Waals surface area contributed by atoms with Gasteiger partial charge in [-0.3, -0.25) is 9.59 Å². The normalized spacial score (nSPS) is 10.7. The Hall–Kier alpha value is -1.91. The van der Waals surface area contributed by atoms with Crippen molar-refractivity contribution in [2.75, 3.05) is 6.61 Å². The Bertz CT molecular complexity index is 574. The minimum absolute atomic E-state index is 0.0414. The van der Waals surface area contributed by atoms with E-state index in [1.54, 1.807) is 12.1 Å². The Morgan fingerprint density at radius 1 is 0.793 bits per heavy atom. The number of hydrogen-bond acceptors (Lipinski definition) is 4. The van der Waals surface area contributed by atoms with E-state index in [0.29, 0.717) is 18.6 Å². The average Bonchev–Trinajstić information content (AvgIpc) is 2.70. The van der Waals surface area contributed by atoms with Gasteiger partial charge in [-0.1, -0.05) is 76.8 Å². The molecule has 0 aromatic heterocycles. The Kier molecular flexibility index (Phi) is 14.7. The fourth-order valence-electron chi connectivity index (χ4n) is 3.09. The smallest absolute Gasteiger partial charge is 0.306 e. The largest absolute Gasteiger partial charge is 0.466 e. The maximum Gasteiger partial charge on any atom is 0.306 e. The van der Waals surface area contributed by atoms with Crippen LogP contribution in [0.15, 0.2) is 24.3 Å². The van der Waals surface area contributed by atoms with Gasteiger partial charge in [-0.05, 0) is 30.5 Å². The number of carbonyl (C=O) groups is 2. The molecule has 0 aliphatic rings. The number of unbranched alkanes of at least 4 members (excludes halogenated alkanes) is 9. The molecule has 5 heteroatoms. The summed E-state index contributed by atoms with van der Waals surface area (Å²) < 4.78 is 23.3. The molecular weight excluding hydrogens is 371 g/mol. The predicted molar refractivity (Wildman–Crippen MR) is 113 cm³/mol. The monoisotopic (exact) mass is 408 g/mol. The van der Waals surface area contributed by atoms with Crippen molar-refractivity contribution in [2.45, 2.75) is 97.0 Å². The highest BCUT2D eigenvalue weighted by molar-refractivity contribution is 5.72. The molecule has 0 saturated carbocycles. The maximum atomic E-state index is 13.0. The van der Waals surface area contributed by atoms with Crippen molar-refractivity contribution in [2.24, 2.45) is 0 Å². The van der Waals surface area contributed by atoms with Crippen LogP contribution in [0.4, 0.5) is 4.39 Å². The first-order valence-corrected chi connectivity index (χ1v) is 11.2. The number of ether oxygens (including phenoxy) is 2. The highest BCUT2D eigenvalue weighted by Gasteiger charge is 2.08. The van der Waals surface area contributed by atoms with Gasteiger partial charge >= 0.3 is 11.9 Å². The highest BCUT2D eigenvalue weighted by Crippen LogP contribution is 2.11. The van der Waals surface area contributed by atoms with Gasteiger partial charge in [-0.15, -0.1) is 0 Å². The van der Waals surface area contributed by atoms with Crippen LogP contribution < -0.4 is 0 Å². The second kappa shape index (κ2) is 17.0. The summed E-state index contributed by atoms with van der Waals surface area (Å²) in [6.45, 7) is 2.73. The first-order chi connectivity index (χ1) is 14.1. The van der Waals surface area contributed by atoms with Crippen molar-refractivity contribution < 1.29 is 23.5 Å². The van der Waals surface area contributed by atoms with Crippen LogP contribution in [0.2, 0.25) is 0 Å². The Labute approximate surface area is 175 Å². The van der Waals surface area contributed by atoms with Crippen LogP contribution in [-0.2, 0) is 25.7 Å². The van der Waals surface area contributed by atoms with Crippen LogP contribution in [0.3, 0.4) is 0 Å². The molecule has 0 saturated heterocycles. The molecular formula is C24H37FO4. The van der Waals surface area contributed by atoms with Crippen LogP contribution in [0.25, 0.3) is 0 Å². The summed E-state index contributed by atoms with van der Waals surface area (Å²) in [6, 6.07) is 5.94. The van der Waals surface area contributed by atoms with Crippen molar-refractivity contribution in [1.29, 1.82) is 0 Å². The Balaban J connectivity index is 1.90. The topological polar surface area (TPSA) is 52.6 Å². The van der Waals surface area contributed by atoms with Gasteiger partial charge in [0.1, 0.15) is 12.4 Å². The molecule has 0 heterocycles. The lowest BCUT2D eigenvalue weighted by Crippen LogP contribution is -2.09. The summed E-state index contributed by atoms with van der Waals surface area (Å²) in [6.07, 6.45) is 13.2. The van der Waals surface area contributed by atoms with Gasteiger partial charge in [0.2, 0.25) is 0 Å². The van der Waals surface area contributed by atoms with Gasteiger partial charge in [-0.2, -0.15) is 0 Å². The summed E-state index contributed by atoms with van der Waals surface area (Å²) >= 11 is 0. The van der Waals surface area contributed by atoms with E-state index in [-0.39, 0.29) is 31.2 Å². The summed E-state index contributed by atoms with van der Waals surface area (Å²) in [7, 11) is 0. The average molecular weight is 409 g/mol. The zero-order valence-electron chi connectivity index (χ0n) is 17.9. The van der Waals surface area contributed by atoms with Crippen molar-refractivity contribution in [3.05, 3.63) is 35.6 Å². The van der Waals surface area contributed by atoms with Gasteiger partial charge in [-0.25, -0.2) is 4.39 Å². The molecule has 0 amide bonds. The van der Waals surface area contributed by atoms with Crippen LogP contribution in [0.1, 0.15) is 96.0 Å². The van der Waals surface area contributed by atoms with Crippen LogP contribution in [-0.4, -0.2) is 18.5 Å².